The first-order valence-corrected chi connectivity index (χ1v) is 28.4. The number of aliphatic hydroxyl groups is 1. The number of ketones is 2. The molecular weight excluding hydrogens is 1010 g/mol. The molecule has 20 nitrogen and oxygen atoms in total. The molecule has 0 unspecified atom stereocenters. The van der Waals surface area contributed by atoms with E-state index in [1.807, 2.05) is 60.6 Å². The molecule has 0 aliphatic carbocycles. The van der Waals surface area contributed by atoms with E-state index in [2.05, 4.69) is 16.0 Å². The number of nitrogens with one attached hydrogen (secondary N) is 3. The monoisotopic (exact) mass is 1120 g/mol. The van der Waals surface area contributed by atoms with Crippen LogP contribution in [0.1, 0.15) is 170 Å². The van der Waals surface area contributed by atoms with Crippen molar-refractivity contribution in [2.45, 2.75) is 224 Å². The van der Waals surface area contributed by atoms with Gasteiger partial charge in [0.15, 0.2) is 11.6 Å². The normalized spacial score (nSPS) is 16.2. The first-order valence-electron chi connectivity index (χ1n) is 28.4. The van der Waals surface area contributed by atoms with Gasteiger partial charge in [-0.05, 0) is 102 Å². The summed E-state index contributed by atoms with van der Waals surface area (Å²) in [7, 11) is 7.10. The highest BCUT2D eigenvalue weighted by atomic mass is 16.6. The van der Waals surface area contributed by atoms with Crippen LogP contribution in [0.25, 0.3) is 0 Å². The van der Waals surface area contributed by atoms with E-state index in [0.29, 0.717) is 6.42 Å². The predicted molar refractivity (Wildman–Crippen MR) is 306 cm³/mol. The molecule has 20 heteroatoms. The number of hydrogen-bond acceptors (Lipinski definition) is 13. The van der Waals surface area contributed by atoms with Crippen molar-refractivity contribution >= 4 is 59.1 Å². The fourth-order valence-electron chi connectivity index (χ4n) is 9.56. The van der Waals surface area contributed by atoms with Gasteiger partial charge < -0.3 is 50.1 Å². The van der Waals surface area contributed by atoms with Crippen molar-refractivity contribution in [3.63, 3.8) is 0 Å². The standard InChI is InChI=1S/C59H105N7O13/c1-24-26-27-38(13)50(69)41(52(71)61-42(25-2)57(76)78-23)32-47(68)49(37(11)12)66(22)55(74)45(30-35(7)8)65(21)54(73)44(29-34(5)6)64(20)53(72)40(15)60-51(70)39(14)31-46(67)43(28-33(3)4)63(19)56(75)48(36(9)10)62-58(77)79-59(16,17)18/h24,26,33-45,48-50,69H,25,27-32H2,1-23H3,(H,60,70)(H,61,71)(H,62,77)/b26-24+/t38-,39-,40-,41+,42+,43+,44+,45+,48+,49+,50-/m1/s1. The summed E-state index contributed by atoms with van der Waals surface area (Å²) in [5.74, 6) is -8.89. The summed E-state index contributed by atoms with van der Waals surface area (Å²) in [6.07, 6.45) is 2.10. The van der Waals surface area contributed by atoms with Crippen molar-refractivity contribution in [3.05, 3.63) is 12.2 Å². The predicted octanol–water partition coefficient (Wildman–Crippen LogP) is 6.34. The van der Waals surface area contributed by atoms with Gasteiger partial charge in [0.05, 0.1) is 31.2 Å². The minimum absolute atomic E-state index is 0.0255. The van der Waals surface area contributed by atoms with Crippen molar-refractivity contribution in [1.82, 2.24) is 35.6 Å². The Hall–Kier alpha value is -5.40. The molecule has 0 heterocycles. The maximum Gasteiger partial charge on any atom is 0.408 e. The highest BCUT2D eigenvalue weighted by Crippen LogP contribution is 2.27. The Morgan fingerprint density at radius 1 is 0.582 bits per heavy atom. The van der Waals surface area contributed by atoms with E-state index in [9.17, 15) is 53.1 Å². The third-order valence-corrected chi connectivity index (χ3v) is 14.2. The fraction of sp³-hybridized carbons (Fsp3) is 0.797. The van der Waals surface area contributed by atoms with E-state index in [1.165, 1.54) is 61.8 Å². The molecule has 0 spiro atoms. The number of carbonyl (C=O) groups is 10. The lowest BCUT2D eigenvalue weighted by molar-refractivity contribution is -0.153. The number of carbonyl (C=O) groups excluding carboxylic acids is 10. The van der Waals surface area contributed by atoms with Crippen LogP contribution < -0.4 is 16.0 Å². The Labute approximate surface area is 474 Å². The minimum Gasteiger partial charge on any atom is -0.467 e. The van der Waals surface area contributed by atoms with Crippen LogP contribution in [0, 0.1) is 47.3 Å². The first-order chi connectivity index (χ1) is 36.3. The second kappa shape index (κ2) is 34.0. The summed E-state index contributed by atoms with van der Waals surface area (Å²) in [6.45, 7) is 31.8. The number of nitrogens with zero attached hydrogens (tertiary/aromatic N) is 4. The molecule has 79 heavy (non-hydrogen) atoms. The van der Waals surface area contributed by atoms with Crippen LogP contribution in [-0.4, -0.2) is 173 Å². The molecule has 0 aliphatic heterocycles. The van der Waals surface area contributed by atoms with Crippen LogP contribution in [0.4, 0.5) is 4.79 Å². The minimum atomic E-state index is -1.30. The third-order valence-electron chi connectivity index (χ3n) is 14.2. The second-order valence-corrected chi connectivity index (χ2v) is 24.6. The van der Waals surface area contributed by atoms with E-state index in [4.69, 9.17) is 9.47 Å². The van der Waals surface area contributed by atoms with E-state index >= 15 is 0 Å². The molecule has 11 atom stereocenters. The lowest BCUT2D eigenvalue weighted by Crippen LogP contribution is -2.59. The van der Waals surface area contributed by atoms with E-state index in [1.54, 1.807) is 69.2 Å². The molecule has 7 amide bonds. The highest BCUT2D eigenvalue weighted by molar-refractivity contribution is 5.98. The average Bonchev–Trinajstić information content (AvgIpc) is 3.34. The van der Waals surface area contributed by atoms with E-state index in [-0.39, 0.29) is 61.6 Å². The number of rotatable bonds is 33. The lowest BCUT2D eigenvalue weighted by atomic mass is 9.82. The second-order valence-electron chi connectivity index (χ2n) is 24.6. The SMILES string of the molecule is C/C=C/C[C@@H](C)[C@@H](O)[C@H](CC(=O)[C@H](C(C)C)N(C)C(=O)[C@H](CC(C)C)N(C)C(=O)[C@H](CC(C)C)N(C)C(=O)[C@@H](C)NC(=O)[C@H](C)CC(=O)[C@H](CC(C)C)N(C)C(=O)[C@@H](NC(=O)OC(C)(C)C)C(C)C)C(=O)N[C@@H](CC)C(=O)OC. The van der Waals surface area contributed by atoms with Gasteiger partial charge in [0.1, 0.15) is 35.8 Å². The zero-order valence-corrected chi connectivity index (χ0v) is 52.5. The summed E-state index contributed by atoms with van der Waals surface area (Å²) < 4.78 is 10.3. The molecule has 4 N–H and O–H groups in total. The smallest absolute Gasteiger partial charge is 0.408 e. The molecule has 0 aromatic heterocycles. The Morgan fingerprint density at radius 2 is 1.05 bits per heavy atom. The quantitative estimate of drug-likeness (QED) is 0.0414. The number of amides is 7. The number of alkyl carbamates (subject to hydrolysis) is 1. The molecule has 0 saturated carbocycles. The fourth-order valence-corrected chi connectivity index (χ4v) is 9.56. The summed E-state index contributed by atoms with van der Waals surface area (Å²) in [6, 6.07) is -7.42. The molecule has 0 radical (unpaired) electrons. The summed E-state index contributed by atoms with van der Waals surface area (Å²) in [5.41, 5.74) is -0.806. The van der Waals surface area contributed by atoms with Gasteiger partial charge in [-0.2, -0.15) is 0 Å². The van der Waals surface area contributed by atoms with Gasteiger partial charge in [0, 0.05) is 47.0 Å². The molecule has 0 saturated heterocycles. The zero-order chi connectivity index (χ0) is 61.7. The van der Waals surface area contributed by atoms with Gasteiger partial charge in [-0.25, -0.2) is 9.59 Å². The van der Waals surface area contributed by atoms with Crippen LogP contribution in [0.3, 0.4) is 0 Å². The van der Waals surface area contributed by atoms with Crippen LogP contribution in [0.5, 0.6) is 0 Å². The van der Waals surface area contributed by atoms with Crippen molar-refractivity contribution < 1.29 is 62.5 Å². The number of ether oxygens (including phenoxy) is 2. The van der Waals surface area contributed by atoms with Gasteiger partial charge in [-0.15, -0.1) is 0 Å². The molecule has 0 aromatic rings. The van der Waals surface area contributed by atoms with Crippen LogP contribution >= 0.6 is 0 Å². The van der Waals surface area contributed by atoms with Crippen molar-refractivity contribution in [3.8, 4) is 0 Å². The van der Waals surface area contributed by atoms with Crippen LogP contribution in [0.2, 0.25) is 0 Å². The molecule has 0 aromatic carbocycles. The van der Waals surface area contributed by atoms with Crippen LogP contribution in [-0.2, 0) is 52.6 Å². The number of likely N-dealkylation sites (N-methyl/N-ethyl adjacent to an activating group) is 4. The number of methoxy groups -OCH3 is 1. The zero-order valence-electron chi connectivity index (χ0n) is 52.5. The van der Waals surface area contributed by atoms with Gasteiger partial charge in [-0.3, -0.25) is 38.4 Å². The molecule has 0 bridgehead atoms. The van der Waals surface area contributed by atoms with E-state index < -0.39 is 137 Å². The molecule has 0 fully saturated rings. The molecule has 0 rings (SSSR count). The van der Waals surface area contributed by atoms with Crippen molar-refractivity contribution in [2.24, 2.45) is 47.3 Å². The van der Waals surface area contributed by atoms with Gasteiger partial charge in [0.2, 0.25) is 35.4 Å². The van der Waals surface area contributed by atoms with Gasteiger partial charge in [-0.1, -0.05) is 102 Å². The lowest BCUT2D eigenvalue weighted by Gasteiger charge is -2.39. The van der Waals surface area contributed by atoms with Crippen molar-refractivity contribution in [1.29, 1.82) is 0 Å². The maximum atomic E-state index is 14.9. The highest BCUT2D eigenvalue weighted by Gasteiger charge is 2.43. The van der Waals surface area contributed by atoms with Crippen LogP contribution in [0.15, 0.2) is 12.2 Å². The van der Waals surface area contributed by atoms with Gasteiger partial charge in [0.25, 0.3) is 0 Å². The topological polar surface area (TPSA) is 258 Å². The van der Waals surface area contributed by atoms with Gasteiger partial charge >= 0.3 is 12.1 Å². The summed E-state index contributed by atoms with van der Waals surface area (Å²) in [5, 5.41) is 19.6. The number of allylic oxidation sites excluding steroid dienone is 2. The Morgan fingerprint density at radius 3 is 1.48 bits per heavy atom. The average molecular weight is 1120 g/mol. The Balaban J connectivity index is 6.77. The number of esters is 1. The number of aliphatic hydroxyl groups excluding tert-OH is 1. The first kappa shape index (κ1) is 73.6. The largest absolute Gasteiger partial charge is 0.467 e. The Bertz CT molecular complexity index is 2070. The molecular formula is C59H105N7O13. The maximum absolute atomic E-state index is 14.9. The van der Waals surface area contributed by atoms with Crippen molar-refractivity contribution in [2.75, 3.05) is 35.3 Å². The summed E-state index contributed by atoms with van der Waals surface area (Å²) >= 11 is 0. The summed E-state index contributed by atoms with van der Waals surface area (Å²) in [4.78, 5) is 145. The Kier molecular flexibility index (Phi) is 31.7. The molecule has 0 aliphatic rings. The molecule has 454 valence electrons. The number of hydrogen-bond donors (Lipinski definition) is 4. The number of Topliss-reactive ketones (excluding diaryl/α,β-unsaturated/α-hetero) is 2. The third kappa shape index (κ3) is 23.7. The van der Waals surface area contributed by atoms with E-state index in [0.717, 1.165) is 0 Å².